The number of hydrogen-bond acceptors (Lipinski definition) is 4. The Hall–Kier alpha value is -1.92. The number of piperidine rings is 1. The van der Waals surface area contributed by atoms with Crippen molar-refractivity contribution in [2.75, 3.05) is 53.1 Å². The molecule has 2 heterocycles. The Labute approximate surface area is 161 Å². The molecule has 2 aliphatic rings. The van der Waals surface area contributed by atoms with Crippen molar-refractivity contribution in [2.45, 2.75) is 25.7 Å². The molecule has 27 heavy (non-hydrogen) atoms. The van der Waals surface area contributed by atoms with Crippen molar-refractivity contribution in [3.05, 3.63) is 35.4 Å². The first-order valence-electron chi connectivity index (χ1n) is 9.90. The molecule has 148 valence electrons. The number of carbonyl (C=O) groups is 2. The van der Waals surface area contributed by atoms with E-state index < -0.39 is 0 Å². The summed E-state index contributed by atoms with van der Waals surface area (Å²) in [6, 6.07) is 8.03. The molecule has 0 aromatic heterocycles. The van der Waals surface area contributed by atoms with Gasteiger partial charge in [0, 0.05) is 38.9 Å². The zero-order valence-electron chi connectivity index (χ0n) is 16.2. The fourth-order valence-electron chi connectivity index (χ4n) is 3.80. The highest BCUT2D eigenvalue weighted by Crippen LogP contribution is 2.22. The second-order valence-electron chi connectivity index (χ2n) is 7.37. The Balaban J connectivity index is 1.46. The van der Waals surface area contributed by atoms with Crippen molar-refractivity contribution in [1.29, 1.82) is 0 Å². The smallest absolute Gasteiger partial charge is 0.254 e. The van der Waals surface area contributed by atoms with E-state index in [1.807, 2.05) is 21.9 Å². The molecule has 6 nitrogen and oxygen atoms in total. The summed E-state index contributed by atoms with van der Waals surface area (Å²) in [6.07, 6.45) is 3.55. The van der Waals surface area contributed by atoms with Crippen molar-refractivity contribution in [1.82, 2.24) is 9.80 Å². The minimum atomic E-state index is 0.0905. The topological polar surface area (TPSA) is 59.1 Å². The van der Waals surface area contributed by atoms with Gasteiger partial charge in [-0.3, -0.25) is 9.59 Å². The van der Waals surface area contributed by atoms with Crippen LogP contribution in [0, 0.1) is 5.92 Å². The summed E-state index contributed by atoms with van der Waals surface area (Å²) >= 11 is 0. The van der Waals surface area contributed by atoms with Crippen molar-refractivity contribution >= 4 is 11.8 Å². The van der Waals surface area contributed by atoms with Crippen LogP contribution in [0.4, 0.5) is 0 Å². The maximum Gasteiger partial charge on any atom is 0.254 e. The van der Waals surface area contributed by atoms with Gasteiger partial charge in [-0.05, 0) is 42.9 Å². The molecule has 2 fully saturated rings. The number of amides is 2. The molecule has 1 aromatic carbocycles. The quantitative estimate of drug-likeness (QED) is 0.764. The lowest BCUT2D eigenvalue weighted by molar-refractivity contribution is -0.133. The van der Waals surface area contributed by atoms with E-state index in [0.717, 1.165) is 37.9 Å². The van der Waals surface area contributed by atoms with Crippen molar-refractivity contribution in [3.63, 3.8) is 0 Å². The summed E-state index contributed by atoms with van der Waals surface area (Å²) in [5, 5.41) is 0. The summed E-state index contributed by atoms with van der Waals surface area (Å²) in [4.78, 5) is 28.4. The Morgan fingerprint density at radius 2 is 1.70 bits per heavy atom. The second-order valence-corrected chi connectivity index (χ2v) is 7.37. The number of ether oxygens (including phenoxy) is 2. The SMILES string of the molecule is COCCC(=O)N1CCC(Cc2ccc(C(=O)N3CCOCC3)cc2)CC1. The highest BCUT2D eigenvalue weighted by atomic mass is 16.5. The standard InChI is InChI=1S/C21H30N2O4/c1-26-13-8-20(24)22-9-6-18(7-10-22)16-17-2-4-19(5-3-17)21(25)23-11-14-27-15-12-23/h2-5,18H,6-16H2,1H3. The molecule has 2 saturated heterocycles. The normalized spacial score (nSPS) is 18.6. The summed E-state index contributed by atoms with van der Waals surface area (Å²) in [6.45, 7) is 4.74. The molecule has 3 rings (SSSR count). The van der Waals surface area contributed by atoms with Gasteiger partial charge in [-0.2, -0.15) is 0 Å². The fraction of sp³-hybridized carbons (Fsp3) is 0.619. The number of hydrogen-bond donors (Lipinski definition) is 0. The third-order valence-corrected chi connectivity index (χ3v) is 5.51. The zero-order valence-corrected chi connectivity index (χ0v) is 16.2. The van der Waals surface area contributed by atoms with Gasteiger partial charge in [-0.25, -0.2) is 0 Å². The predicted octanol–water partition coefficient (Wildman–Crippen LogP) is 1.98. The van der Waals surface area contributed by atoms with Crippen LogP contribution in [0.3, 0.4) is 0 Å². The maximum absolute atomic E-state index is 12.5. The van der Waals surface area contributed by atoms with Gasteiger partial charge in [0.1, 0.15) is 0 Å². The van der Waals surface area contributed by atoms with Crippen LogP contribution in [-0.2, 0) is 20.7 Å². The van der Waals surface area contributed by atoms with Gasteiger partial charge in [-0.15, -0.1) is 0 Å². The molecule has 0 spiro atoms. The number of morpholine rings is 1. The largest absolute Gasteiger partial charge is 0.384 e. The number of carbonyl (C=O) groups excluding carboxylic acids is 2. The van der Waals surface area contributed by atoms with E-state index in [1.54, 1.807) is 7.11 Å². The van der Waals surface area contributed by atoms with E-state index in [0.29, 0.717) is 45.2 Å². The van der Waals surface area contributed by atoms with Crippen LogP contribution in [0.1, 0.15) is 35.2 Å². The molecule has 0 unspecified atom stereocenters. The van der Waals surface area contributed by atoms with Crippen LogP contribution in [0.5, 0.6) is 0 Å². The monoisotopic (exact) mass is 374 g/mol. The molecule has 0 bridgehead atoms. The van der Waals surface area contributed by atoms with Gasteiger partial charge in [0.2, 0.25) is 5.91 Å². The van der Waals surface area contributed by atoms with Crippen LogP contribution >= 0.6 is 0 Å². The number of benzene rings is 1. The van der Waals surface area contributed by atoms with Gasteiger partial charge in [0.15, 0.2) is 0 Å². The molecule has 6 heteroatoms. The fourth-order valence-corrected chi connectivity index (χ4v) is 3.80. The molecule has 2 aliphatic heterocycles. The average Bonchev–Trinajstić information content (AvgIpc) is 2.73. The zero-order chi connectivity index (χ0) is 19.1. The third-order valence-electron chi connectivity index (χ3n) is 5.51. The van der Waals surface area contributed by atoms with Gasteiger partial charge in [0.05, 0.1) is 26.2 Å². The first-order chi connectivity index (χ1) is 13.2. The van der Waals surface area contributed by atoms with Crippen molar-refractivity contribution in [3.8, 4) is 0 Å². The molecule has 2 amide bonds. The Bertz CT molecular complexity index is 618. The lowest BCUT2D eigenvalue weighted by Crippen LogP contribution is -2.40. The van der Waals surface area contributed by atoms with E-state index in [-0.39, 0.29) is 11.8 Å². The van der Waals surface area contributed by atoms with Gasteiger partial charge in [0.25, 0.3) is 5.91 Å². The van der Waals surface area contributed by atoms with Crippen molar-refractivity contribution in [2.24, 2.45) is 5.92 Å². The van der Waals surface area contributed by atoms with Crippen LogP contribution < -0.4 is 0 Å². The predicted molar refractivity (Wildman–Crippen MR) is 103 cm³/mol. The Morgan fingerprint density at radius 1 is 1.04 bits per heavy atom. The number of rotatable bonds is 6. The number of likely N-dealkylation sites (tertiary alicyclic amines) is 1. The molecule has 0 aliphatic carbocycles. The lowest BCUT2D eigenvalue weighted by Gasteiger charge is -2.32. The third kappa shape index (κ3) is 5.53. The maximum atomic E-state index is 12.5. The molecule has 0 N–H and O–H groups in total. The minimum Gasteiger partial charge on any atom is -0.384 e. The minimum absolute atomic E-state index is 0.0905. The van der Waals surface area contributed by atoms with E-state index >= 15 is 0 Å². The summed E-state index contributed by atoms with van der Waals surface area (Å²) < 4.78 is 10.3. The number of nitrogens with zero attached hydrogens (tertiary/aromatic N) is 2. The first kappa shape index (κ1) is 19.8. The highest BCUT2D eigenvalue weighted by molar-refractivity contribution is 5.94. The van der Waals surface area contributed by atoms with E-state index in [2.05, 4.69) is 12.1 Å². The van der Waals surface area contributed by atoms with Gasteiger partial charge < -0.3 is 19.3 Å². The Morgan fingerprint density at radius 3 is 2.33 bits per heavy atom. The molecular weight excluding hydrogens is 344 g/mol. The molecular formula is C21H30N2O4. The van der Waals surface area contributed by atoms with E-state index in [1.165, 1.54) is 5.56 Å². The Kier molecular flexibility index (Phi) is 7.24. The van der Waals surface area contributed by atoms with E-state index in [9.17, 15) is 9.59 Å². The van der Waals surface area contributed by atoms with Crippen molar-refractivity contribution < 1.29 is 19.1 Å². The second kappa shape index (κ2) is 9.85. The highest BCUT2D eigenvalue weighted by Gasteiger charge is 2.23. The van der Waals surface area contributed by atoms with Crippen LogP contribution in [0.2, 0.25) is 0 Å². The van der Waals surface area contributed by atoms with Crippen LogP contribution in [0.15, 0.2) is 24.3 Å². The molecule has 0 saturated carbocycles. The molecule has 0 radical (unpaired) electrons. The lowest BCUT2D eigenvalue weighted by atomic mass is 9.89. The summed E-state index contributed by atoms with van der Waals surface area (Å²) in [7, 11) is 1.62. The van der Waals surface area contributed by atoms with Gasteiger partial charge >= 0.3 is 0 Å². The molecule has 1 aromatic rings. The van der Waals surface area contributed by atoms with Gasteiger partial charge in [-0.1, -0.05) is 12.1 Å². The van der Waals surface area contributed by atoms with Crippen LogP contribution in [0.25, 0.3) is 0 Å². The summed E-state index contributed by atoms with van der Waals surface area (Å²) in [5.41, 5.74) is 2.01. The van der Waals surface area contributed by atoms with E-state index in [4.69, 9.17) is 9.47 Å². The van der Waals surface area contributed by atoms with Crippen LogP contribution in [-0.4, -0.2) is 74.7 Å². The first-order valence-corrected chi connectivity index (χ1v) is 9.90. The molecule has 0 atom stereocenters. The summed E-state index contributed by atoms with van der Waals surface area (Å²) in [5.74, 6) is 0.881. The average molecular weight is 374 g/mol. The number of methoxy groups -OCH3 is 1.